The standard InChI is InChI=1S/C15H17ClN2O4/c1-20-10-5-7-11(8-6-10)22-15(19)13-12(4-3-9-17-13)14(16)18-21-2/h4-8,13,17H,3,9H2,1-2H3. The smallest absolute Gasteiger partial charge is 0.333 e. The van der Waals surface area contributed by atoms with E-state index in [1.54, 1.807) is 31.4 Å². The van der Waals surface area contributed by atoms with Crippen molar-refractivity contribution in [2.75, 3.05) is 20.8 Å². The van der Waals surface area contributed by atoms with Gasteiger partial charge in [-0.25, -0.2) is 4.79 Å². The van der Waals surface area contributed by atoms with E-state index in [-0.39, 0.29) is 5.17 Å². The minimum absolute atomic E-state index is 0.131. The van der Waals surface area contributed by atoms with E-state index in [1.807, 2.05) is 6.08 Å². The number of esters is 1. The Morgan fingerprint density at radius 2 is 1.95 bits per heavy atom. The maximum atomic E-state index is 12.3. The van der Waals surface area contributed by atoms with Gasteiger partial charge in [0, 0.05) is 5.57 Å². The van der Waals surface area contributed by atoms with Gasteiger partial charge in [-0.15, -0.1) is 0 Å². The summed E-state index contributed by atoms with van der Waals surface area (Å²) >= 11 is 6.03. The molecule has 22 heavy (non-hydrogen) atoms. The number of rotatable bonds is 5. The lowest BCUT2D eigenvalue weighted by molar-refractivity contribution is -0.135. The Morgan fingerprint density at radius 3 is 2.59 bits per heavy atom. The average molecular weight is 325 g/mol. The summed E-state index contributed by atoms with van der Waals surface area (Å²) in [5.74, 6) is 0.657. The molecule has 0 saturated heterocycles. The first-order valence-corrected chi connectivity index (χ1v) is 7.09. The fourth-order valence-corrected chi connectivity index (χ4v) is 2.30. The van der Waals surface area contributed by atoms with Crippen LogP contribution in [-0.4, -0.2) is 37.9 Å². The van der Waals surface area contributed by atoms with Crippen LogP contribution < -0.4 is 14.8 Å². The first kappa shape index (κ1) is 16.3. The van der Waals surface area contributed by atoms with E-state index in [4.69, 9.17) is 21.1 Å². The summed E-state index contributed by atoms with van der Waals surface area (Å²) in [6, 6.07) is 6.07. The summed E-state index contributed by atoms with van der Waals surface area (Å²) in [4.78, 5) is 17.0. The van der Waals surface area contributed by atoms with Crippen molar-refractivity contribution < 1.29 is 19.1 Å². The summed E-state index contributed by atoms with van der Waals surface area (Å²) in [6.07, 6.45) is 2.60. The van der Waals surface area contributed by atoms with Crippen LogP contribution in [0.5, 0.6) is 11.5 Å². The van der Waals surface area contributed by atoms with Crippen LogP contribution in [0.25, 0.3) is 0 Å². The third-order valence-electron chi connectivity index (χ3n) is 3.09. The van der Waals surface area contributed by atoms with Crippen molar-refractivity contribution in [3.8, 4) is 11.5 Å². The van der Waals surface area contributed by atoms with Gasteiger partial charge in [0.1, 0.15) is 24.7 Å². The van der Waals surface area contributed by atoms with Crippen molar-refractivity contribution >= 4 is 22.7 Å². The monoisotopic (exact) mass is 324 g/mol. The van der Waals surface area contributed by atoms with Crippen molar-refractivity contribution in [3.05, 3.63) is 35.9 Å². The lowest BCUT2D eigenvalue weighted by atomic mass is 10.0. The predicted molar refractivity (Wildman–Crippen MR) is 83.4 cm³/mol. The zero-order valence-corrected chi connectivity index (χ0v) is 13.1. The van der Waals surface area contributed by atoms with Gasteiger partial charge in [-0.2, -0.15) is 0 Å². The Hall–Kier alpha value is -2.05. The number of nitrogens with one attached hydrogen (secondary N) is 1. The van der Waals surface area contributed by atoms with E-state index in [2.05, 4.69) is 15.3 Å². The molecule has 7 heteroatoms. The summed E-state index contributed by atoms with van der Waals surface area (Å²) in [6.45, 7) is 0.656. The largest absolute Gasteiger partial charge is 0.497 e. The Morgan fingerprint density at radius 1 is 1.27 bits per heavy atom. The molecule has 1 heterocycles. The number of hydrogen-bond acceptors (Lipinski definition) is 6. The summed E-state index contributed by atoms with van der Waals surface area (Å²) in [5, 5.41) is 6.85. The fourth-order valence-electron chi connectivity index (χ4n) is 2.05. The molecule has 1 unspecified atom stereocenters. The molecule has 0 fully saturated rings. The van der Waals surface area contributed by atoms with Crippen molar-refractivity contribution in [2.24, 2.45) is 5.16 Å². The van der Waals surface area contributed by atoms with Crippen LogP contribution in [0.1, 0.15) is 6.42 Å². The molecule has 0 saturated carbocycles. The molecule has 1 atom stereocenters. The zero-order chi connectivity index (χ0) is 15.9. The highest BCUT2D eigenvalue weighted by Crippen LogP contribution is 2.20. The molecule has 0 aromatic heterocycles. The molecule has 2 rings (SSSR count). The Labute approximate surface area is 133 Å². The van der Waals surface area contributed by atoms with Gasteiger partial charge in [-0.1, -0.05) is 22.8 Å². The quantitative estimate of drug-likeness (QED) is 0.389. The van der Waals surface area contributed by atoms with E-state index >= 15 is 0 Å². The normalized spacial score (nSPS) is 18.4. The highest BCUT2D eigenvalue weighted by molar-refractivity contribution is 6.69. The molecule has 6 nitrogen and oxygen atoms in total. The summed E-state index contributed by atoms with van der Waals surface area (Å²) in [5.41, 5.74) is 0.549. The molecule has 0 spiro atoms. The van der Waals surface area contributed by atoms with Crippen LogP contribution in [0.2, 0.25) is 0 Å². The second-order valence-electron chi connectivity index (χ2n) is 4.50. The molecule has 0 amide bonds. The Kier molecular flexibility index (Phi) is 5.80. The maximum absolute atomic E-state index is 12.3. The van der Waals surface area contributed by atoms with Gasteiger partial charge >= 0.3 is 5.97 Å². The molecule has 0 bridgehead atoms. The van der Waals surface area contributed by atoms with E-state index in [9.17, 15) is 4.79 Å². The van der Waals surface area contributed by atoms with Gasteiger partial charge in [-0.05, 0) is 37.2 Å². The molecule has 0 aliphatic carbocycles. The minimum atomic E-state index is -0.678. The van der Waals surface area contributed by atoms with Gasteiger partial charge in [0.15, 0.2) is 5.17 Å². The number of methoxy groups -OCH3 is 1. The lowest BCUT2D eigenvalue weighted by Crippen LogP contribution is -2.45. The van der Waals surface area contributed by atoms with Crippen molar-refractivity contribution in [1.82, 2.24) is 5.32 Å². The van der Waals surface area contributed by atoms with Crippen LogP contribution in [0.3, 0.4) is 0 Å². The first-order chi connectivity index (χ1) is 10.7. The molecule has 0 radical (unpaired) electrons. The van der Waals surface area contributed by atoms with Crippen molar-refractivity contribution in [2.45, 2.75) is 12.5 Å². The molecule has 1 aliphatic heterocycles. The minimum Gasteiger partial charge on any atom is -0.497 e. The van der Waals surface area contributed by atoms with Gasteiger partial charge < -0.3 is 19.6 Å². The average Bonchev–Trinajstić information content (AvgIpc) is 2.55. The summed E-state index contributed by atoms with van der Waals surface area (Å²) in [7, 11) is 2.96. The van der Waals surface area contributed by atoms with Crippen LogP contribution in [0.4, 0.5) is 0 Å². The number of oxime groups is 1. The zero-order valence-electron chi connectivity index (χ0n) is 12.3. The van der Waals surface area contributed by atoms with Crippen molar-refractivity contribution in [3.63, 3.8) is 0 Å². The number of benzene rings is 1. The van der Waals surface area contributed by atoms with E-state index in [0.717, 1.165) is 6.42 Å². The molecular formula is C15H17ClN2O4. The van der Waals surface area contributed by atoms with E-state index in [1.165, 1.54) is 7.11 Å². The molecular weight excluding hydrogens is 308 g/mol. The topological polar surface area (TPSA) is 69.2 Å². The van der Waals surface area contributed by atoms with Crippen LogP contribution in [0, 0.1) is 0 Å². The third kappa shape index (κ3) is 3.99. The molecule has 118 valence electrons. The molecule has 1 aromatic rings. The third-order valence-corrected chi connectivity index (χ3v) is 3.38. The van der Waals surface area contributed by atoms with Crippen molar-refractivity contribution in [1.29, 1.82) is 0 Å². The van der Waals surface area contributed by atoms with Gasteiger partial charge in [0.2, 0.25) is 0 Å². The number of halogens is 1. The first-order valence-electron chi connectivity index (χ1n) is 6.72. The van der Waals surface area contributed by atoms with Crippen LogP contribution in [0.15, 0.2) is 41.1 Å². The molecule has 1 N–H and O–H groups in total. The number of carbonyl (C=O) groups is 1. The second kappa shape index (κ2) is 7.82. The highest BCUT2D eigenvalue weighted by Gasteiger charge is 2.29. The number of nitrogens with zero attached hydrogens (tertiary/aromatic N) is 1. The lowest BCUT2D eigenvalue weighted by Gasteiger charge is -2.23. The molecule has 1 aliphatic rings. The van der Waals surface area contributed by atoms with Gasteiger partial charge in [-0.3, -0.25) is 0 Å². The predicted octanol–water partition coefficient (Wildman–Crippen LogP) is 2.09. The van der Waals surface area contributed by atoms with Crippen LogP contribution in [-0.2, 0) is 9.63 Å². The van der Waals surface area contributed by atoms with E-state index in [0.29, 0.717) is 23.6 Å². The number of hydrogen-bond donors (Lipinski definition) is 1. The molecule has 1 aromatic carbocycles. The second-order valence-corrected chi connectivity index (χ2v) is 4.85. The SMILES string of the molecule is CON=C(Cl)C1=CCCNC1C(=O)Oc1ccc(OC)cc1. The number of carbonyl (C=O) groups excluding carboxylic acids is 1. The van der Waals surface area contributed by atoms with E-state index < -0.39 is 12.0 Å². The maximum Gasteiger partial charge on any atom is 0.333 e. The number of ether oxygens (including phenoxy) is 2. The Bertz CT molecular complexity index is 584. The van der Waals surface area contributed by atoms with Gasteiger partial charge in [0.05, 0.1) is 7.11 Å². The van der Waals surface area contributed by atoms with Gasteiger partial charge in [0.25, 0.3) is 0 Å². The summed E-state index contributed by atoms with van der Waals surface area (Å²) < 4.78 is 10.4. The highest BCUT2D eigenvalue weighted by atomic mass is 35.5. The fraction of sp³-hybridized carbons (Fsp3) is 0.333. The van der Waals surface area contributed by atoms with Crippen LogP contribution >= 0.6 is 11.6 Å². The Balaban J connectivity index is 2.11.